The van der Waals surface area contributed by atoms with Gasteiger partial charge < -0.3 is 102 Å². The van der Waals surface area contributed by atoms with Crippen LogP contribution in [-0.4, -0.2) is 132 Å². The first-order chi connectivity index (χ1) is 27.6. The molecular formula is C35H30LaMnO25. The van der Waals surface area contributed by atoms with Gasteiger partial charge >= 0.3 is 29.8 Å². The minimum atomic E-state index is -1.29. The van der Waals surface area contributed by atoms with Crippen molar-refractivity contribution in [2.75, 3.05) is 0 Å². The minimum absolute atomic E-state index is 0. The Morgan fingerprint density at radius 1 is 0.242 bits per heavy atom. The van der Waals surface area contributed by atoms with E-state index in [4.69, 9.17) is 102 Å². The number of carbonyl (C=O) groups is 5. The summed E-state index contributed by atoms with van der Waals surface area (Å²) in [5.41, 5.74) is -1.45. The van der Waals surface area contributed by atoms with Gasteiger partial charge in [-0.25, -0.2) is 24.0 Å². The van der Waals surface area contributed by atoms with Gasteiger partial charge in [-0.15, -0.1) is 0 Å². The van der Waals surface area contributed by atoms with Crippen LogP contribution in [0.3, 0.4) is 0 Å². The van der Waals surface area contributed by atoms with E-state index < -0.39 is 116 Å². The number of carboxylic acids is 5. The van der Waals surface area contributed by atoms with Crippen LogP contribution in [0.1, 0.15) is 51.8 Å². The van der Waals surface area contributed by atoms with Crippen molar-refractivity contribution in [3.05, 3.63) is 88.5 Å². The fraction of sp³-hybridized carbons (Fsp3) is 0. The van der Waals surface area contributed by atoms with E-state index in [9.17, 15) is 24.0 Å². The van der Waals surface area contributed by atoms with Crippen molar-refractivity contribution in [3.63, 3.8) is 0 Å². The van der Waals surface area contributed by atoms with E-state index >= 15 is 0 Å². The first-order valence-corrected chi connectivity index (χ1v) is 15.0. The molecule has 0 aromatic heterocycles. The van der Waals surface area contributed by atoms with E-state index in [1.54, 1.807) is 0 Å². The summed E-state index contributed by atoms with van der Waals surface area (Å²) < 4.78 is 0. The van der Waals surface area contributed by atoms with Crippen molar-refractivity contribution < 1.29 is 179 Å². The van der Waals surface area contributed by atoms with Gasteiger partial charge in [0.05, 0.1) is 27.8 Å². The van der Waals surface area contributed by atoms with E-state index in [0.717, 1.165) is 60.7 Å². The fourth-order valence-electron chi connectivity index (χ4n) is 3.64. The molecule has 0 aliphatic carbocycles. The standard InChI is InChI=1S/5C7H6O5.La.Mn/c5*8-4-1-3(7(11)12)2-5(9)6(4)10;;/h5*1-2,8-10H,(H,11,12);;. The SMILES string of the molecule is O=C(O)c1cc(O)c(O)c(O)c1.O=C(O)c1cc(O)c(O)c(O)c1.O=C(O)c1cc(O)c(O)c(O)c1.O=C(O)c1cc(O)c(O)c(O)c1.O=C(O)c1cc(O)c(O)c(O)c1.[La].[Mn]. The molecule has 5 aromatic carbocycles. The molecule has 0 saturated carbocycles. The zero-order chi connectivity index (χ0) is 46.5. The first kappa shape index (κ1) is 56.3. The number of hydrogen-bond donors (Lipinski definition) is 20. The number of rotatable bonds is 5. The Kier molecular flexibility index (Phi) is 22.0. The Morgan fingerprint density at radius 2 is 0.323 bits per heavy atom. The molecule has 0 heterocycles. The quantitative estimate of drug-likeness (QED) is 0.0888. The van der Waals surface area contributed by atoms with Crippen LogP contribution in [0.2, 0.25) is 0 Å². The van der Waals surface area contributed by atoms with Crippen LogP contribution in [0.5, 0.6) is 86.2 Å². The summed E-state index contributed by atoms with van der Waals surface area (Å²) in [5, 5.41) is 175. The van der Waals surface area contributed by atoms with Crippen LogP contribution >= 0.6 is 0 Å². The second-order valence-corrected chi connectivity index (χ2v) is 10.8. The second kappa shape index (κ2) is 24.3. The van der Waals surface area contributed by atoms with Crippen LogP contribution in [0.15, 0.2) is 60.7 Å². The number of carboxylic acid groups (broad SMARTS) is 5. The largest absolute Gasteiger partial charge is 0.504 e. The molecule has 0 bridgehead atoms. The Balaban J connectivity index is 0. The van der Waals surface area contributed by atoms with Crippen LogP contribution in [0.4, 0.5) is 0 Å². The smallest absolute Gasteiger partial charge is 0.335 e. The predicted octanol–water partition coefficient (Wildman–Crippen LogP) is 2.51. The number of phenols is 15. The molecule has 5 rings (SSSR count). The van der Waals surface area contributed by atoms with Gasteiger partial charge in [0.1, 0.15) is 0 Å². The molecule has 0 amide bonds. The molecule has 0 aliphatic heterocycles. The van der Waals surface area contributed by atoms with Gasteiger partial charge in [-0.1, -0.05) is 0 Å². The Labute approximate surface area is 381 Å². The van der Waals surface area contributed by atoms with Crippen molar-refractivity contribution in [2.45, 2.75) is 0 Å². The third kappa shape index (κ3) is 16.1. The molecule has 25 nitrogen and oxygen atoms in total. The maximum Gasteiger partial charge on any atom is 0.335 e. The Morgan fingerprint density at radius 3 is 0.387 bits per heavy atom. The number of phenolic OH excluding ortho intramolecular Hbond substituents is 15. The predicted molar refractivity (Wildman–Crippen MR) is 192 cm³/mol. The van der Waals surface area contributed by atoms with Crippen molar-refractivity contribution in [2.24, 2.45) is 0 Å². The van der Waals surface area contributed by atoms with Crippen LogP contribution in [0.25, 0.3) is 0 Å². The molecule has 330 valence electrons. The maximum absolute atomic E-state index is 10.3. The summed E-state index contributed by atoms with van der Waals surface area (Å²) in [6, 6.07) is 8.45. The normalized spacial score (nSPS) is 9.35. The molecule has 0 aliphatic rings. The van der Waals surface area contributed by atoms with Crippen molar-refractivity contribution in [1.82, 2.24) is 0 Å². The molecule has 27 heteroatoms. The summed E-state index contributed by atoms with van der Waals surface area (Å²) >= 11 is 0. The first-order valence-electron chi connectivity index (χ1n) is 15.0. The molecule has 0 fully saturated rings. The Bertz CT molecular complexity index is 1940. The zero-order valence-corrected chi connectivity index (χ0v) is 35.0. The summed E-state index contributed by atoms with van der Waals surface area (Å²) in [6.45, 7) is 0. The van der Waals surface area contributed by atoms with Crippen LogP contribution in [-0.2, 0) is 17.1 Å². The molecule has 2 radical (unpaired) electrons. The number of aromatic hydroxyl groups is 15. The molecule has 0 spiro atoms. The van der Waals surface area contributed by atoms with Gasteiger partial charge in [-0.2, -0.15) is 0 Å². The summed E-state index contributed by atoms with van der Waals surface area (Å²) in [7, 11) is 0. The Hall–Kier alpha value is -7.84. The van der Waals surface area contributed by atoms with Crippen molar-refractivity contribution in [3.8, 4) is 86.2 Å². The third-order valence-electron chi connectivity index (χ3n) is 6.58. The number of benzene rings is 5. The van der Waals surface area contributed by atoms with Gasteiger partial charge in [0.25, 0.3) is 0 Å². The third-order valence-corrected chi connectivity index (χ3v) is 6.58. The van der Waals surface area contributed by atoms with E-state index in [2.05, 4.69) is 0 Å². The van der Waals surface area contributed by atoms with Crippen molar-refractivity contribution in [1.29, 1.82) is 0 Å². The molecule has 5 aromatic rings. The van der Waals surface area contributed by atoms with Gasteiger partial charge in [-0.3, -0.25) is 0 Å². The second-order valence-electron chi connectivity index (χ2n) is 10.8. The van der Waals surface area contributed by atoms with Gasteiger partial charge in [0.15, 0.2) is 86.2 Å². The molecule has 0 saturated heterocycles. The average molecular weight is 1040 g/mol. The van der Waals surface area contributed by atoms with Crippen LogP contribution < -0.4 is 0 Å². The topological polar surface area (TPSA) is 490 Å². The molecule has 0 atom stereocenters. The average Bonchev–Trinajstić information content (AvgIpc) is 3.15. The summed E-state index contributed by atoms with van der Waals surface area (Å²) in [4.78, 5) is 51.6. The monoisotopic (exact) mass is 1040 g/mol. The molecule has 62 heavy (non-hydrogen) atoms. The fourth-order valence-corrected chi connectivity index (χ4v) is 3.64. The zero-order valence-electron chi connectivity index (χ0n) is 30.2. The van der Waals surface area contributed by atoms with E-state index in [1.807, 2.05) is 0 Å². The van der Waals surface area contributed by atoms with Crippen molar-refractivity contribution >= 4 is 29.8 Å². The van der Waals surface area contributed by atoms with E-state index in [-0.39, 0.29) is 80.5 Å². The van der Waals surface area contributed by atoms with Gasteiger partial charge in [-0.05, 0) is 60.7 Å². The number of aromatic carboxylic acids is 5. The molecule has 0 unspecified atom stereocenters. The molecular weight excluding hydrogens is 1010 g/mol. The molecule has 20 N–H and O–H groups in total. The summed E-state index contributed by atoms with van der Waals surface area (Å²) in [5.74, 6) is -16.7. The summed E-state index contributed by atoms with van der Waals surface area (Å²) in [6.07, 6.45) is 0. The minimum Gasteiger partial charge on any atom is -0.504 e. The van der Waals surface area contributed by atoms with E-state index in [1.165, 1.54) is 0 Å². The van der Waals surface area contributed by atoms with Gasteiger partial charge in [0, 0.05) is 52.7 Å². The maximum atomic E-state index is 10.3. The van der Waals surface area contributed by atoms with E-state index in [0.29, 0.717) is 0 Å². The van der Waals surface area contributed by atoms with Crippen LogP contribution in [0, 0.1) is 35.6 Å². The number of hydrogen-bond acceptors (Lipinski definition) is 20. The van der Waals surface area contributed by atoms with Gasteiger partial charge in [0.2, 0.25) is 0 Å².